The summed E-state index contributed by atoms with van der Waals surface area (Å²) in [4.78, 5) is 28.3. The van der Waals surface area contributed by atoms with E-state index in [1.807, 2.05) is 12.3 Å². The van der Waals surface area contributed by atoms with E-state index in [1.165, 1.54) is 0 Å². The Labute approximate surface area is 129 Å². The highest BCUT2D eigenvalue weighted by molar-refractivity contribution is 7.09. The fraction of sp³-hybridized carbons (Fsp3) is 0.667. The number of aryl methyl sites for hydroxylation is 1. The van der Waals surface area contributed by atoms with Gasteiger partial charge < -0.3 is 10.6 Å². The van der Waals surface area contributed by atoms with Crippen molar-refractivity contribution >= 4 is 23.2 Å². The van der Waals surface area contributed by atoms with Crippen LogP contribution >= 0.6 is 11.3 Å². The van der Waals surface area contributed by atoms with Crippen LogP contribution in [-0.4, -0.2) is 29.4 Å². The van der Waals surface area contributed by atoms with Crippen LogP contribution in [-0.2, 0) is 16.0 Å². The summed E-state index contributed by atoms with van der Waals surface area (Å²) in [6, 6.07) is -0.477. The molecule has 0 spiro atoms. The number of nitrogens with zero attached hydrogens (tertiary/aromatic N) is 1. The monoisotopic (exact) mass is 309 g/mol. The van der Waals surface area contributed by atoms with Crippen molar-refractivity contribution in [1.29, 1.82) is 0 Å². The van der Waals surface area contributed by atoms with Crippen LogP contribution in [0.4, 0.5) is 0 Å². The highest BCUT2D eigenvalue weighted by atomic mass is 32.1. The highest BCUT2D eigenvalue weighted by Gasteiger charge is 2.25. The van der Waals surface area contributed by atoms with Gasteiger partial charge in [0.15, 0.2) is 0 Å². The third-order valence-corrected chi connectivity index (χ3v) is 4.65. The summed E-state index contributed by atoms with van der Waals surface area (Å²) in [7, 11) is 0. The molecule has 0 aromatic carbocycles. The van der Waals surface area contributed by atoms with E-state index in [1.54, 1.807) is 18.3 Å². The lowest BCUT2D eigenvalue weighted by Crippen LogP contribution is -2.46. The molecule has 1 saturated carbocycles. The molecule has 1 aromatic heterocycles. The molecule has 0 aliphatic heterocycles. The zero-order chi connectivity index (χ0) is 15.2. The zero-order valence-electron chi connectivity index (χ0n) is 12.6. The number of thiazole rings is 1. The van der Waals surface area contributed by atoms with Crippen molar-refractivity contribution in [3.63, 3.8) is 0 Å². The SMILES string of the molecule is Cc1nc(CCNC(=O)[C@@H](C)NC(=O)C2CCCC2)cs1. The topological polar surface area (TPSA) is 71.1 Å². The van der Waals surface area contributed by atoms with Crippen molar-refractivity contribution in [3.05, 3.63) is 16.1 Å². The van der Waals surface area contributed by atoms with E-state index in [0.717, 1.165) is 42.8 Å². The van der Waals surface area contributed by atoms with Gasteiger partial charge in [-0.2, -0.15) is 0 Å². The summed E-state index contributed by atoms with van der Waals surface area (Å²) in [6.07, 6.45) is 4.85. The number of carbonyl (C=O) groups excluding carboxylic acids is 2. The normalized spacial score (nSPS) is 16.7. The molecule has 1 fully saturated rings. The average molecular weight is 309 g/mol. The molecule has 21 heavy (non-hydrogen) atoms. The van der Waals surface area contributed by atoms with Crippen molar-refractivity contribution in [3.8, 4) is 0 Å². The van der Waals surface area contributed by atoms with Gasteiger partial charge >= 0.3 is 0 Å². The third-order valence-electron chi connectivity index (χ3n) is 3.82. The molecular formula is C15H23N3O2S. The molecule has 1 heterocycles. The van der Waals surface area contributed by atoms with Crippen LogP contribution in [0.3, 0.4) is 0 Å². The number of aromatic nitrogens is 1. The summed E-state index contributed by atoms with van der Waals surface area (Å²) in [5.74, 6) is -0.0168. The molecule has 1 aliphatic rings. The fourth-order valence-corrected chi connectivity index (χ4v) is 3.22. The fourth-order valence-electron chi connectivity index (χ4n) is 2.57. The number of rotatable bonds is 6. The third kappa shape index (κ3) is 4.81. The molecule has 2 rings (SSSR count). The minimum Gasteiger partial charge on any atom is -0.354 e. The first-order valence-corrected chi connectivity index (χ1v) is 8.43. The molecule has 1 atom stereocenters. The predicted molar refractivity (Wildman–Crippen MR) is 83.1 cm³/mol. The molecule has 2 amide bonds. The number of nitrogens with one attached hydrogen (secondary N) is 2. The molecule has 0 bridgehead atoms. The lowest BCUT2D eigenvalue weighted by molar-refractivity contribution is -0.130. The van der Waals surface area contributed by atoms with Gasteiger partial charge in [-0.05, 0) is 26.7 Å². The Morgan fingerprint density at radius 2 is 2.14 bits per heavy atom. The van der Waals surface area contributed by atoms with E-state index in [4.69, 9.17) is 0 Å². The largest absolute Gasteiger partial charge is 0.354 e. The van der Waals surface area contributed by atoms with E-state index in [9.17, 15) is 9.59 Å². The van der Waals surface area contributed by atoms with Gasteiger partial charge in [0.25, 0.3) is 0 Å². The second kappa shape index (κ2) is 7.54. The first-order chi connectivity index (χ1) is 10.1. The Morgan fingerprint density at radius 3 is 2.76 bits per heavy atom. The maximum absolute atomic E-state index is 12.0. The van der Waals surface area contributed by atoms with Gasteiger partial charge in [0.1, 0.15) is 6.04 Å². The van der Waals surface area contributed by atoms with Crippen LogP contribution in [0.5, 0.6) is 0 Å². The molecule has 1 aromatic rings. The lowest BCUT2D eigenvalue weighted by atomic mass is 10.1. The van der Waals surface area contributed by atoms with Crippen LogP contribution in [0.2, 0.25) is 0 Å². The van der Waals surface area contributed by atoms with Crippen molar-refractivity contribution in [2.24, 2.45) is 5.92 Å². The van der Waals surface area contributed by atoms with E-state index in [2.05, 4.69) is 15.6 Å². The van der Waals surface area contributed by atoms with Gasteiger partial charge in [0, 0.05) is 24.3 Å². The van der Waals surface area contributed by atoms with Gasteiger partial charge in [0.2, 0.25) is 11.8 Å². The Morgan fingerprint density at radius 1 is 1.43 bits per heavy atom. The van der Waals surface area contributed by atoms with E-state index in [0.29, 0.717) is 6.54 Å². The smallest absolute Gasteiger partial charge is 0.242 e. The van der Waals surface area contributed by atoms with Gasteiger partial charge in [0.05, 0.1) is 10.7 Å². The molecule has 2 N–H and O–H groups in total. The van der Waals surface area contributed by atoms with E-state index in [-0.39, 0.29) is 17.7 Å². The van der Waals surface area contributed by atoms with Crippen molar-refractivity contribution in [1.82, 2.24) is 15.6 Å². The molecule has 0 radical (unpaired) electrons. The van der Waals surface area contributed by atoms with Crippen molar-refractivity contribution < 1.29 is 9.59 Å². The Kier molecular flexibility index (Phi) is 5.73. The van der Waals surface area contributed by atoms with Crippen LogP contribution < -0.4 is 10.6 Å². The maximum Gasteiger partial charge on any atom is 0.242 e. The molecule has 1 aliphatic carbocycles. The minimum atomic E-state index is -0.477. The second-order valence-corrected chi connectivity index (χ2v) is 6.67. The quantitative estimate of drug-likeness (QED) is 0.842. The summed E-state index contributed by atoms with van der Waals surface area (Å²) >= 11 is 1.61. The molecule has 0 saturated heterocycles. The zero-order valence-corrected chi connectivity index (χ0v) is 13.5. The molecule has 0 unspecified atom stereocenters. The summed E-state index contributed by atoms with van der Waals surface area (Å²) in [5, 5.41) is 8.70. The van der Waals surface area contributed by atoms with Gasteiger partial charge in [-0.25, -0.2) is 4.98 Å². The Hall–Kier alpha value is -1.43. The number of carbonyl (C=O) groups is 2. The second-order valence-electron chi connectivity index (χ2n) is 5.61. The number of hydrogen-bond donors (Lipinski definition) is 2. The first kappa shape index (κ1) is 15.9. The average Bonchev–Trinajstić information content (AvgIpc) is 3.10. The Balaban J connectivity index is 1.68. The van der Waals surface area contributed by atoms with Gasteiger partial charge in [-0.3, -0.25) is 9.59 Å². The molecular weight excluding hydrogens is 286 g/mol. The van der Waals surface area contributed by atoms with Gasteiger partial charge in [-0.1, -0.05) is 12.8 Å². The maximum atomic E-state index is 12.0. The van der Waals surface area contributed by atoms with Crippen molar-refractivity contribution in [2.75, 3.05) is 6.54 Å². The minimum absolute atomic E-state index is 0.0188. The van der Waals surface area contributed by atoms with Gasteiger partial charge in [-0.15, -0.1) is 11.3 Å². The van der Waals surface area contributed by atoms with Crippen LogP contribution in [0.25, 0.3) is 0 Å². The number of hydrogen-bond acceptors (Lipinski definition) is 4. The van der Waals surface area contributed by atoms with Crippen LogP contribution in [0, 0.1) is 12.8 Å². The highest BCUT2D eigenvalue weighted by Crippen LogP contribution is 2.24. The summed E-state index contributed by atoms with van der Waals surface area (Å²) < 4.78 is 0. The summed E-state index contributed by atoms with van der Waals surface area (Å²) in [5.41, 5.74) is 1.00. The summed E-state index contributed by atoms with van der Waals surface area (Å²) in [6.45, 7) is 4.24. The lowest BCUT2D eigenvalue weighted by Gasteiger charge is -2.16. The van der Waals surface area contributed by atoms with Crippen LogP contribution in [0.15, 0.2) is 5.38 Å². The Bertz CT molecular complexity index is 495. The first-order valence-electron chi connectivity index (χ1n) is 7.55. The van der Waals surface area contributed by atoms with E-state index >= 15 is 0 Å². The van der Waals surface area contributed by atoms with E-state index < -0.39 is 6.04 Å². The standard InChI is InChI=1S/C15H23N3O2S/c1-10(17-15(20)12-5-3-4-6-12)14(19)16-8-7-13-9-21-11(2)18-13/h9-10,12H,3-8H2,1-2H3,(H,16,19)(H,17,20)/t10-/m1/s1. The number of amides is 2. The molecule has 5 nitrogen and oxygen atoms in total. The molecule has 116 valence electrons. The predicted octanol–water partition coefficient (Wildman–Crippen LogP) is 1.81. The van der Waals surface area contributed by atoms with Crippen molar-refractivity contribution in [2.45, 2.75) is 52.0 Å². The molecule has 6 heteroatoms. The van der Waals surface area contributed by atoms with Crippen LogP contribution in [0.1, 0.15) is 43.3 Å².